The summed E-state index contributed by atoms with van der Waals surface area (Å²) in [5, 5.41) is 9.03. The number of imidazole rings is 1. The monoisotopic (exact) mass is 222 g/mol. The fourth-order valence-corrected chi connectivity index (χ4v) is 1.25. The van der Waals surface area contributed by atoms with Gasteiger partial charge in [-0.15, -0.1) is 0 Å². The summed E-state index contributed by atoms with van der Waals surface area (Å²) in [6.07, 6.45) is 7.55. The highest BCUT2D eigenvalue weighted by molar-refractivity contribution is 5.25. The summed E-state index contributed by atoms with van der Waals surface area (Å²) in [4.78, 5) is 3.91. The highest BCUT2D eigenvalue weighted by Crippen LogP contribution is 2.10. The number of hydrogen-bond acceptors (Lipinski definition) is 2. The van der Waals surface area contributed by atoms with Gasteiger partial charge in [-0.3, -0.25) is 0 Å². The first kappa shape index (κ1) is 12.4. The summed E-state index contributed by atoms with van der Waals surface area (Å²) in [7, 11) is 0. The molecule has 3 nitrogen and oxygen atoms in total. The molecular formula is C12H15FN2O. The number of aliphatic hydroxyl groups is 1. The van der Waals surface area contributed by atoms with Crippen molar-refractivity contribution >= 4 is 0 Å². The predicted octanol–water partition coefficient (Wildman–Crippen LogP) is 2.36. The van der Waals surface area contributed by atoms with E-state index in [1.54, 1.807) is 30.1 Å². The Labute approximate surface area is 94.2 Å². The molecule has 1 rings (SSSR count). The van der Waals surface area contributed by atoms with E-state index >= 15 is 0 Å². The summed E-state index contributed by atoms with van der Waals surface area (Å²) in [6, 6.07) is 0. The fraction of sp³-hybridized carbons (Fsp3) is 0.250. The van der Waals surface area contributed by atoms with E-state index in [9.17, 15) is 4.39 Å². The van der Waals surface area contributed by atoms with Crippen LogP contribution in [0.2, 0.25) is 0 Å². The Morgan fingerprint density at radius 3 is 3.00 bits per heavy atom. The highest BCUT2D eigenvalue weighted by Gasteiger charge is 2.02. The highest BCUT2D eigenvalue weighted by atomic mass is 19.1. The largest absolute Gasteiger partial charge is 0.390 e. The molecule has 0 atom stereocenters. The van der Waals surface area contributed by atoms with Crippen LogP contribution >= 0.6 is 0 Å². The quantitative estimate of drug-likeness (QED) is 0.777. The molecule has 0 amide bonds. The second kappa shape index (κ2) is 6.02. The third kappa shape index (κ3) is 3.17. The summed E-state index contributed by atoms with van der Waals surface area (Å²) in [6.45, 7) is 5.61. The van der Waals surface area contributed by atoms with Crippen LogP contribution in [0, 0.1) is 0 Å². The summed E-state index contributed by atoms with van der Waals surface area (Å²) < 4.78 is 14.8. The lowest BCUT2D eigenvalue weighted by Crippen LogP contribution is -2.03. The van der Waals surface area contributed by atoms with Crippen LogP contribution in [0.15, 0.2) is 48.7 Å². The average molecular weight is 222 g/mol. The first-order valence-corrected chi connectivity index (χ1v) is 4.96. The van der Waals surface area contributed by atoms with Crippen molar-refractivity contribution in [1.29, 1.82) is 0 Å². The molecule has 0 radical (unpaired) electrons. The summed E-state index contributed by atoms with van der Waals surface area (Å²) >= 11 is 0. The molecule has 4 heteroatoms. The Hall–Kier alpha value is -1.68. The van der Waals surface area contributed by atoms with Crippen LogP contribution in [-0.2, 0) is 13.2 Å². The van der Waals surface area contributed by atoms with E-state index in [0.717, 1.165) is 5.57 Å². The molecule has 0 unspecified atom stereocenters. The average Bonchev–Trinajstić information content (AvgIpc) is 2.75. The minimum atomic E-state index is -0.305. The first-order valence-electron chi connectivity index (χ1n) is 4.96. The maximum Gasteiger partial charge on any atom is 0.119 e. The normalized spacial score (nSPS) is 12.9. The van der Waals surface area contributed by atoms with E-state index in [2.05, 4.69) is 11.6 Å². The smallest absolute Gasteiger partial charge is 0.119 e. The van der Waals surface area contributed by atoms with Gasteiger partial charge in [-0.05, 0) is 18.6 Å². The van der Waals surface area contributed by atoms with Crippen LogP contribution < -0.4 is 0 Å². The van der Waals surface area contributed by atoms with Crippen molar-refractivity contribution in [1.82, 2.24) is 9.55 Å². The predicted molar refractivity (Wildman–Crippen MR) is 61.3 cm³/mol. The third-order valence-corrected chi connectivity index (χ3v) is 2.17. The molecule has 1 aromatic rings. The minimum absolute atomic E-state index is 0.0868. The van der Waals surface area contributed by atoms with Gasteiger partial charge < -0.3 is 9.67 Å². The molecular weight excluding hydrogens is 207 g/mol. The SMILES string of the molecule is C=C/C(=C\C(F)=C/C)Cn1cncc1CO. The Kier molecular flexibility index (Phi) is 4.66. The number of aromatic nitrogens is 2. The topological polar surface area (TPSA) is 38.0 Å². The molecule has 0 bridgehead atoms. The van der Waals surface area contributed by atoms with Gasteiger partial charge in [0, 0.05) is 6.54 Å². The molecule has 0 saturated carbocycles. The van der Waals surface area contributed by atoms with E-state index in [-0.39, 0.29) is 12.4 Å². The van der Waals surface area contributed by atoms with Gasteiger partial charge >= 0.3 is 0 Å². The standard InChI is InChI=1S/C12H15FN2O/c1-3-10(5-11(13)4-2)7-15-9-14-6-12(15)8-16/h3-6,9,16H,1,7-8H2,2H3/b10-5+,11-4+. The second-order valence-corrected chi connectivity index (χ2v) is 3.27. The molecule has 86 valence electrons. The Bertz CT molecular complexity index is 418. The molecule has 0 saturated heterocycles. The number of allylic oxidation sites excluding steroid dienone is 5. The van der Waals surface area contributed by atoms with E-state index in [4.69, 9.17) is 5.11 Å². The third-order valence-electron chi connectivity index (χ3n) is 2.17. The van der Waals surface area contributed by atoms with Crippen LogP contribution in [0.5, 0.6) is 0 Å². The van der Waals surface area contributed by atoms with Crippen molar-refractivity contribution in [3.63, 3.8) is 0 Å². The van der Waals surface area contributed by atoms with Crippen LogP contribution in [0.4, 0.5) is 4.39 Å². The zero-order valence-electron chi connectivity index (χ0n) is 9.23. The van der Waals surface area contributed by atoms with E-state index < -0.39 is 0 Å². The number of halogens is 1. The number of hydrogen-bond donors (Lipinski definition) is 1. The Balaban J connectivity index is 2.86. The van der Waals surface area contributed by atoms with Crippen molar-refractivity contribution < 1.29 is 9.50 Å². The molecule has 0 aliphatic rings. The zero-order valence-corrected chi connectivity index (χ0v) is 9.23. The Morgan fingerprint density at radius 2 is 2.44 bits per heavy atom. The van der Waals surface area contributed by atoms with Gasteiger partial charge in [-0.2, -0.15) is 0 Å². The molecule has 0 aliphatic carbocycles. The van der Waals surface area contributed by atoms with Crippen LogP contribution in [-0.4, -0.2) is 14.7 Å². The fourth-order valence-electron chi connectivity index (χ4n) is 1.25. The van der Waals surface area contributed by atoms with Crippen molar-refractivity contribution in [2.24, 2.45) is 0 Å². The van der Waals surface area contributed by atoms with E-state index in [1.807, 2.05) is 0 Å². The van der Waals surface area contributed by atoms with Gasteiger partial charge in [0.05, 0.1) is 24.8 Å². The van der Waals surface area contributed by atoms with Crippen LogP contribution in [0.25, 0.3) is 0 Å². The number of aliphatic hydroxyl groups excluding tert-OH is 1. The van der Waals surface area contributed by atoms with Gasteiger partial charge in [0.15, 0.2) is 0 Å². The van der Waals surface area contributed by atoms with Gasteiger partial charge in [0.25, 0.3) is 0 Å². The Morgan fingerprint density at radius 1 is 1.69 bits per heavy atom. The number of nitrogens with zero attached hydrogens (tertiary/aromatic N) is 2. The zero-order chi connectivity index (χ0) is 12.0. The van der Waals surface area contributed by atoms with Gasteiger partial charge in [-0.1, -0.05) is 18.7 Å². The van der Waals surface area contributed by atoms with Gasteiger partial charge in [0.1, 0.15) is 5.83 Å². The molecule has 0 aliphatic heterocycles. The van der Waals surface area contributed by atoms with Crippen molar-refractivity contribution in [3.8, 4) is 0 Å². The second-order valence-electron chi connectivity index (χ2n) is 3.27. The lowest BCUT2D eigenvalue weighted by atomic mass is 10.2. The van der Waals surface area contributed by atoms with Crippen molar-refractivity contribution in [3.05, 3.63) is 54.4 Å². The van der Waals surface area contributed by atoms with Crippen LogP contribution in [0.1, 0.15) is 12.6 Å². The molecule has 0 aromatic carbocycles. The van der Waals surface area contributed by atoms with Crippen LogP contribution in [0.3, 0.4) is 0 Å². The molecule has 1 heterocycles. The molecule has 1 N–H and O–H groups in total. The van der Waals surface area contributed by atoms with E-state index in [0.29, 0.717) is 12.2 Å². The molecule has 0 fully saturated rings. The minimum Gasteiger partial charge on any atom is -0.390 e. The lowest BCUT2D eigenvalue weighted by Gasteiger charge is -2.06. The molecule has 1 aromatic heterocycles. The van der Waals surface area contributed by atoms with Gasteiger partial charge in [-0.25, -0.2) is 9.37 Å². The summed E-state index contributed by atoms with van der Waals surface area (Å²) in [5.74, 6) is -0.305. The lowest BCUT2D eigenvalue weighted by molar-refractivity contribution is 0.271. The van der Waals surface area contributed by atoms with Gasteiger partial charge in [0.2, 0.25) is 0 Å². The summed E-state index contributed by atoms with van der Waals surface area (Å²) in [5.41, 5.74) is 1.41. The van der Waals surface area contributed by atoms with E-state index in [1.165, 1.54) is 12.2 Å². The molecule has 16 heavy (non-hydrogen) atoms. The van der Waals surface area contributed by atoms with Crippen molar-refractivity contribution in [2.45, 2.75) is 20.1 Å². The maximum absolute atomic E-state index is 13.0. The first-order chi connectivity index (χ1) is 7.71. The maximum atomic E-state index is 13.0. The number of rotatable bonds is 5. The van der Waals surface area contributed by atoms with Crippen molar-refractivity contribution in [2.75, 3.05) is 0 Å². The molecule has 0 spiro atoms.